The molecule has 1 aromatic heterocycles. The van der Waals surface area contributed by atoms with Crippen molar-refractivity contribution in [1.29, 1.82) is 0 Å². The number of methoxy groups -OCH3 is 1. The second kappa shape index (κ2) is 10.4. The van der Waals surface area contributed by atoms with E-state index in [4.69, 9.17) is 18.6 Å². The van der Waals surface area contributed by atoms with Crippen molar-refractivity contribution in [3.63, 3.8) is 0 Å². The first-order valence-corrected chi connectivity index (χ1v) is 10.0. The van der Waals surface area contributed by atoms with E-state index in [9.17, 15) is 9.90 Å². The Morgan fingerprint density at radius 2 is 2.14 bits per heavy atom. The summed E-state index contributed by atoms with van der Waals surface area (Å²) in [5.74, 6) is -0.266. The Labute approximate surface area is 170 Å². The van der Waals surface area contributed by atoms with Gasteiger partial charge in [0.1, 0.15) is 5.58 Å². The number of benzene rings is 1. The molecular formula is C22H29NO6. The van der Waals surface area contributed by atoms with Crippen LogP contribution >= 0.6 is 0 Å². The lowest BCUT2D eigenvalue weighted by atomic mass is 9.80. The van der Waals surface area contributed by atoms with Crippen LogP contribution in [0.1, 0.15) is 31.2 Å². The van der Waals surface area contributed by atoms with E-state index in [0.717, 1.165) is 16.5 Å². The van der Waals surface area contributed by atoms with Gasteiger partial charge in [0, 0.05) is 49.7 Å². The molecule has 1 aliphatic heterocycles. The number of carbonyl (C=O) groups is 1. The van der Waals surface area contributed by atoms with E-state index in [1.807, 2.05) is 37.3 Å². The number of para-hydroxylation sites is 1. The van der Waals surface area contributed by atoms with E-state index >= 15 is 0 Å². The maximum Gasteiger partial charge on any atom is 0.286 e. The third kappa shape index (κ3) is 4.98. The van der Waals surface area contributed by atoms with Crippen LogP contribution < -0.4 is 5.32 Å². The van der Waals surface area contributed by atoms with Crippen LogP contribution in [0.2, 0.25) is 0 Å². The summed E-state index contributed by atoms with van der Waals surface area (Å²) < 4.78 is 22.5. The predicted octanol–water partition coefficient (Wildman–Crippen LogP) is 2.94. The van der Waals surface area contributed by atoms with Crippen molar-refractivity contribution in [2.24, 2.45) is 5.92 Å². The number of rotatable bonds is 10. The summed E-state index contributed by atoms with van der Waals surface area (Å²) in [6, 6.07) is 7.82. The van der Waals surface area contributed by atoms with E-state index in [0.29, 0.717) is 32.6 Å². The Balaban J connectivity index is 1.97. The molecule has 1 aromatic carbocycles. The highest BCUT2D eigenvalue weighted by atomic mass is 16.7. The Bertz CT molecular complexity index is 830. The van der Waals surface area contributed by atoms with Gasteiger partial charge in [-0.1, -0.05) is 18.2 Å². The van der Waals surface area contributed by atoms with Crippen LogP contribution in [-0.2, 0) is 19.0 Å². The Kier molecular flexibility index (Phi) is 7.69. The smallest absolute Gasteiger partial charge is 0.286 e. The quantitative estimate of drug-likeness (QED) is 0.593. The summed E-state index contributed by atoms with van der Waals surface area (Å²) in [5.41, 5.74) is 1.78. The molecule has 0 saturated carbocycles. The van der Waals surface area contributed by atoms with Gasteiger partial charge in [-0.15, -0.1) is 0 Å². The van der Waals surface area contributed by atoms with Crippen molar-refractivity contribution in [1.82, 2.24) is 5.32 Å². The average molecular weight is 403 g/mol. The molecule has 0 bridgehead atoms. The third-order valence-corrected chi connectivity index (χ3v) is 5.10. The zero-order valence-corrected chi connectivity index (χ0v) is 16.9. The minimum atomic E-state index is -0.585. The maximum atomic E-state index is 12.6. The van der Waals surface area contributed by atoms with Crippen molar-refractivity contribution in [2.75, 3.05) is 33.5 Å². The Morgan fingerprint density at radius 3 is 2.90 bits per heavy atom. The summed E-state index contributed by atoms with van der Waals surface area (Å²) in [7, 11) is 1.58. The molecule has 0 radical (unpaired) electrons. The number of carbonyl (C=O) groups excluding carboxylic acids is 1. The van der Waals surface area contributed by atoms with E-state index in [1.54, 1.807) is 13.4 Å². The van der Waals surface area contributed by atoms with Gasteiger partial charge in [-0.2, -0.15) is 0 Å². The normalized spacial score (nSPS) is 21.6. The van der Waals surface area contributed by atoms with Gasteiger partial charge in [0.2, 0.25) is 6.29 Å². The van der Waals surface area contributed by atoms with Crippen LogP contribution in [-0.4, -0.2) is 50.8 Å². The summed E-state index contributed by atoms with van der Waals surface area (Å²) in [6.45, 7) is 3.25. The summed E-state index contributed by atoms with van der Waals surface area (Å²) >= 11 is 0. The molecule has 0 aliphatic carbocycles. The summed E-state index contributed by atoms with van der Waals surface area (Å²) in [5, 5.41) is 13.2. The number of aliphatic hydroxyl groups excluding tert-OH is 1. The largest absolute Gasteiger partial charge is 0.464 e. The Morgan fingerprint density at radius 1 is 1.31 bits per heavy atom. The van der Waals surface area contributed by atoms with Gasteiger partial charge < -0.3 is 29.1 Å². The molecule has 2 N–H and O–H groups in total. The number of allylic oxidation sites excluding steroid dienone is 1. The van der Waals surface area contributed by atoms with E-state index < -0.39 is 6.29 Å². The van der Waals surface area contributed by atoms with Gasteiger partial charge in [-0.05, 0) is 31.9 Å². The van der Waals surface area contributed by atoms with Crippen molar-refractivity contribution in [2.45, 2.75) is 32.0 Å². The lowest BCUT2D eigenvalue weighted by Gasteiger charge is -2.36. The molecule has 1 amide bonds. The zero-order chi connectivity index (χ0) is 20.6. The monoisotopic (exact) mass is 403 g/mol. The molecule has 0 unspecified atom stereocenters. The van der Waals surface area contributed by atoms with Crippen molar-refractivity contribution in [3.8, 4) is 0 Å². The van der Waals surface area contributed by atoms with Crippen LogP contribution in [0.4, 0.5) is 0 Å². The number of hydrogen-bond donors (Lipinski definition) is 2. The number of nitrogens with one attached hydrogen (secondary N) is 1. The average Bonchev–Trinajstić information content (AvgIpc) is 3.16. The molecular weight excluding hydrogens is 374 g/mol. The molecule has 158 valence electrons. The number of amides is 1. The lowest BCUT2D eigenvalue weighted by molar-refractivity contribution is -0.166. The molecule has 0 spiro atoms. The summed E-state index contributed by atoms with van der Waals surface area (Å²) in [4.78, 5) is 12.6. The van der Waals surface area contributed by atoms with Crippen molar-refractivity contribution >= 4 is 16.9 Å². The SMILES string of the molecule is CCO[C@@H]1OC(C(=O)NCCOC)=C[C@H](c2coc3ccccc23)[C@@H]1CCCO. The first-order chi connectivity index (χ1) is 14.2. The number of ether oxygens (including phenoxy) is 3. The zero-order valence-electron chi connectivity index (χ0n) is 16.9. The van der Waals surface area contributed by atoms with Crippen LogP contribution in [0, 0.1) is 5.92 Å². The molecule has 29 heavy (non-hydrogen) atoms. The number of fused-ring (bicyclic) bond motifs is 1. The highest BCUT2D eigenvalue weighted by Crippen LogP contribution is 2.42. The molecule has 0 saturated heterocycles. The Hall–Kier alpha value is -2.35. The molecule has 3 rings (SSSR count). The second-order valence-electron chi connectivity index (χ2n) is 6.96. The topological polar surface area (TPSA) is 90.2 Å². The fourth-order valence-corrected chi connectivity index (χ4v) is 3.73. The van der Waals surface area contributed by atoms with Gasteiger partial charge in [-0.3, -0.25) is 4.79 Å². The van der Waals surface area contributed by atoms with Crippen molar-refractivity contribution in [3.05, 3.63) is 47.9 Å². The van der Waals surface area contributed by atoms with Crippen LogP contribution in [0.5, 0.6) is 0 Å². The first-order valence-electron chi connectivity index (χ1n) is 10.0. The fourth-order valence-electron chi connectivity index (χ4n) is 3.73. The predicted molar refractivity (Wildman–Crippen MR) is 108 cm³/mol. The summed E-state index contributed by atoms with van der Waals surface area (Å²) in [6.07, 6.45) is 4.32. The molecule has 2 heterocycles. The molecule has 1 aliphatic rings. The van der Waals surface area contributed by atoms with E-state index in [1.165, 1.54) is 0 Å². The fraction of sp³-hybridized carbons (Fsp3) is 0.500. The second-order valence-corrected chi connectivity index (χ2v) is 6.96. The minimum absolute atomic E-state index is 0.0568. The minimum Gasteiger partial charge on any atom is -0.464 e. The highest BCUT2D eigenvalue weighted by molar-refractivity contribution is 5.92. The van der Waals surface area contributed by atoms with Gasteiger partial charge in [0.25, 0.3) is 5.91 Å². The molecule has 0 fully saturated rings. The first kappa shape index (κ1) is 21.4. The van der Waals surface area contributed by atoms with Gasteiger partial charge in [0.15, 0.2) is 5.76 Å². The molecule has 3 atom stereocenters. The van der Waals surface area contributed by atoms with Crippen LogP contribution in [0.25, 0.3) is 11.0 Å². The van der Waals surface area contributed by atoms with E-state index in [-0.39, 0.29) is 30.1 Å². The number of hydrogen-bond acceptors (Lipinski definition) is 6. The van der Waals surface area contributed by atoms with E-state index in [2.05, 4.69) is 5.32 Å². The van der Waals surface area contributed by atoms with Crippen LogP contribution in [0.15, 0.2) is 46.8 Å². The molecule has 2 aromatic rings. The maximum absolute atomic E-state index is 12.6. The molecule has 7 heteroatoms. The standard InChI is InChI=1S/C22H29NO6/c1-3-27-22-16(8-6-11-24)17(13-20(29-22)21(25)23-10-12-26-2)18-14-28-19-9-5-4-7-15(18)19/h4-5,7,9,13-14,16-17,22,24H,3,6,8,10-12H2,1-2H3,(H,23,25)/t16-,17-,22+/m0/s1. The lowest BCUT2D eigenvalue weighted by Crippen LogP contribution is -2.39. The van der Waals surface area contributed by atoms with Gasteiger partial charge >= 0.3 is 0 Å². The van der Waals surface area contributed by atoms with Crippen LogP contribution in [0.3, 0.4) is 0 Å². The van der Waals surface area contributed by atoms with Crippen molar-refractivity contribution < 1.29 is 28.5 Å². The van der Waals surface area contributed by atoms with Gasteiger partial charge in [0.05, 0.1) is 12.9 Å². The third-order valence-electron chi connectivity index (χ3n) is 5.10. The molecule has 7 nitrogen and oxygen atoms in total. The number of aliphatic hydroxyl groups is 1. The highest BCUT2D eigenvalue weighted by Gasteiger charge is 2.39. The van der Waals surface area contributed by atoms with Gasteiger partial charge in [-0.25, -0.2) is 0 Å². The number of furan rings is 1.